The summed E-state index contributed by atoms with van der Waals surface area (Å²) in [6.07, 6.45) is -0.609. The molecule has 3 rings (SSSR count). The molecule has 1 atom stereocenters. The third kappa shape index (κ3) is 2.38. The minimum atomic E-state index is -1.98. The van der Waals surface area contributed by atoms with Crippen molar-refractivity contribution in [3.63, 3.8) is 0 Å². The van der Waals surface area contributed by atoms with Gasteiger partial charge >= 0.3 is 0 Å². The fourth-order valence-electron chi connectivity index (χ4n) is 2.18. The first-order valence-electron chi connectivity index (χ1n) is 6.33. The summed E-state index contributed by atoms with van der Waals surface area (Å²) in [4.78, 5) is 8.95. The summed E-state index contributed by atoms with van der Waals surface area (Å²) in [5, 5.41) is 12.8. The minimum absolute atomic E-state index is 0.144. The van der Waals surface area contributed by atoms with Gasteiger partial charge in [-0.05, 0) is 0 Å². The van der Waals surface area contributed by atoms with E-state index in [9.17, 15) is 22.7 Å². The summed E-state index contributed by atoms with van der Waals surface area (Å²) in [6, 6.07) is 0. The van der Waals surface area contributed by atoms with Crippen LogP contribution >= 0.6 is 11.8 Å². The number of aromatic nitrogens is 2. The Balaban J connectivity index is 2.27. The molecule has 0 spiro atoms. The zero-order chi connectivity index (χ0) is 16.9. The Morgan fingerprint density at radius 1 is 1.09 bits per heavy atom. The molecule has 0 unspecified atom stereocenters. The molecule has 0 saturated carbocycles. The first kappa shape index (κ1) is 15.8. The molecular weight excluding hydrogens is 336 g/mol. The Labute approximate surface area is 132 Å². The molecule has 0 aliphatic carbocycles. The van der Waals surface area contributed by atoms with E-state index in [1.165, 1.54) is 6.33 Å². The molecule has 5 nitrogen and oxygen atoms in total. The summed E-state index contributed by atoms with van der Waals surface area (Å²) in [6.45, 7) is 0. The fourth-order valence-corrected chi connectivity index (χ4v) is 3.22. The van der Waals surface area contributed by atoms with E-state index in [1.807, 2.05) is 0 Å². The summed E-state index contributed by atoms with van der Waals surface area (Å²) < 4.78 is 55.0. The van der Waals surface area contributed by atoms with Crippen molar-refractivity contribution in [1.82, 2.24) is 9.97 Å². The van der Waals surface area contributed by atoms with Gasteiger partial charge < -0.3 is 15.3 Å². The number of hydrogen-bond donors (Lipinski definition) is 2. The number of aliphatic hydroxyl groups is 1. The molecule has 0 saturated heterocycles. The van der Waals surface area contributed by atoms with E-state index in [1.54, 1.807) is 19.0 Å². The number of rotatable bonds is 1. The first-order chi connectivity index (χ1) is 10.8. The molecule has 1 aromatic heterocycles. The number of benzene rings is 1. The fraction of sp³-hybridized carbons (Fsp3) is 0.231. The van der Waals surface area contributed by atoms with Crippen LogP contribution in [0.15, 0.2) is 16.2 Å². The maximum atomic E-state index is 14.0. The number of nitrogens with one attached hydrogen (secondary N) is 1. The molecule has 10 heteroatoms. The van der Waals surface area contributed by atoms with Crippen LogP contribution in [-0.2, 0) is 0 Å². The third-order valence-electron chi connectivity index (χ3n) is 3.23. The molecular formula is C13H10F4N4OS. The van der Waals surface area contributed by atoms with Gasteiger partial charge in [0.15, 0.2) is 35.3 Å². The topological polar surface area (TPSA) is 61.3 Å². The Morgan fingerprint density at radius 2 is 1.74 bits per heavy atom. The summed E-state index contributed by atoms with van der Waals surface area (Å²) in [7, 11) is 3.33. The largest absolute Gasteiger partial charge is 0.369 e. The molecule has 1 aliphatic heterocycles. The van der Waals surface area contributed by atoms with Crippen LogP contribution in [0.1, 0.15) is 11.8 Å². The SMILES string of the molecule is CN(C)c1ncnc2c1N[C@@H](O)c1c(F)c(F)c(F)c(F)c1S2. The van der Waals surface area contributed by atoms with Crippen molar-refractivity contribution in [2.75, 3.05) is 24.3 Å². The Bertz CT molecular complexity index is 802. The highest BCUT2D eigenvalue weighted by molar-refractivity contribution is 7.99. The molecule has 0 fully saturated rings. The van der Waals surface area contributed by atoms with Gasteiger partial charge in [-0.1, -0.05) is 11.8 Å². The van der Waals surface area contributed by atoms with Crippen LogP contribution in [0, 0.1) is 23.3 Å². The highest BCUT2D eigenvalue weighted by Crippen LogP contribution is 2.46. The summed E-state index contributed by atoms with van der Waals surface area (Å²) in [5.41, 5.74) is -0.514. The monoisotopic (exact) mass is 346 g/mol. The van der Waals surface area contributed by atoms with Crippen LogP contribution in [-0.4, -0.2) is 29.2 Å². The lowest BCUT2D eigenvalue weighted by Crippen LogP contribution is -2.18. The van der Waals surface area contributed by atoms with E-state index in [-0.39, 0.29) is 10.7 Å². The van der Waals surface area contributed by atoms with Gasteiger partial charge in [0, 0.05) is 14.1 Å². The van der Waals surface area contributed by atoms with Crippen LogP contribution in [0.5, 0.6) is 0 Å². The molecule has 0 bridgehead atoms. The second kappa shape index (κ2) is 5.53. The van der Waals surface area contributed by atoms with Gasteiger partial charge in [-0.25, -0.2) is 27.5 Å². The van der Waals surface area contributed by atoms with Gasteiger partial charge in [-0.2, -0.15) is 0 Å². The number of halogens is 4. The number of hydrogen-bond acceptors (Lipinski definition) is 6. The van der Waals surface area contributed by atoms with E-state index < -0.39 is 40.0 Å². The zero-order valence-corrected chi connectivity index (χ0v) is 12.7. The predicted octanol–water partition coefficient (Wildman–Crippen LogP) is 2.67. The average molecular weight is 346 g/mol. The smallest absolute Gasteiger partial charge is 0.198 e. The van der Waals surface area contributed by atoms with E-state index in [2.05, 4.69) is 15.3 Å². The number of fused-ring (bicyclic) bond motifs is 2. The summed E-state index contributed by atoms with van der Waals surface area (Å²) >= 11 is 0.580. The molecule has 0 radical (unpaired) electrons. The van der Waals surface area contributed by atoms with Crippen molar-refractivity contribution >= 4 is 23.3 Å². The second-order valence-corrected chi connectivity index (χ2v) is 5.92. The van der Waals surface area contributed by atoms with Gasteiger partial charge in [0.1, 0.15) is 17.0 Å². The van der Waals surface area contributed by atoms with Crippen LogP contribution in [0.3, 0.4) is 0 Å². The number of nitrogens with zero attached hydrogens (tertiary/aromatic N) is 3. The third-order valence-corrected chi connectivity index (χ3v) is 4.33. The first-order valence-corrected chi connectivity index (χ1v) is 7.15. The van der Waals surface area contributed by atoms with E-state index in [0.717, 1.165) is 0 Å². The lowest BCUT2D eigenvalue weighted by molar-refractivity contribution is 0.195. The van der Waals surface area contributed by atoms with Gasteiger partial charge in [-0.3, -0.25) is 0 Å². The molecule has 1 aliphatic rings. The average Bonchev–Trinajstić information content (AvgIpc) is 2.66. The van der Waals surface area contributed by atoms with Crippen molar-refractivity contribution in [1.29, 1.82) is 0 Å². The number of aliphatic hydroxyl groups excluding tert-OH is 1. The quantitative estimate of drug-likeness (QED) is 0.358. The normalized spacial score (nSPS) is 16.2. The Morgan fingerprint density at radius 3 is 2.39 bits per heavy atom. The Kier molecular flexibility index (Phi) is 3.80. The van der Waals surface area contributed by atoms with Crippen molar-refractivity contribution in [3.05, 3.63) is 35.2 Å². The van der Waals surface area contributed by atoms with Gasteiger partial charge in [0.05, 0.1) is 10.5 Å². The molecule has 2 aromatic rings. The maximum Gasteiger partial charge on any atom is 0.198 e. The Hall–Kier alpha value is -2.07. The summed E-state index contributed by atoms with van der Waals surface area (Å²) in [5.74, 6) is -6.81. The molecule has 2 heterocycles. The van der Waals surface area contributed by atoms with Crippen LogP contribution in [0.4, 0.5) is 29.1 Å². The van der Waals surface area contributed by atoms with Crippen molar-refractivity contribution in [2.24, 2.45) is 0 Å². The van der Waals surface area contributed by atoms with Crippen LogP contribution < -0.4 is 10.2 Å². The highest BCUT2D eigenvalue weighted by atomic mass is 32.2. The molecule has 0 amide bonds. The molecule has 1 aromatic carbocycles. The van der Waals surface area contributed by atoms with E-state index >= 15 is 0 Å². The molecule has 122 valence electrons. The lowest BCUT2D eigenvalue weighted by Gasteiger charge is -2.19. The molecule has 2 N–H and O–H groups in total. The second-order valence-electron chi connectivity index (χ2n) is 4.92. The highest BCUT2D eigenvalue weighted by Gasteiger charge is 2.34. The maximum absolute atomic E-state index is 14.0. The van der Waals surface area contributed by atoms with Crippen LogP contribution in [0.2, 0.25) is 0 Å². The molecule has 23 heavy (non-hydrogen) atoms. The number of anilines is 2. The van der Waals surface area contributed by atoms with E-state index in [4.69, 9.17) is 0 Å². The van der Waals surface area contributed by atoms with E-state index in [0.29, 0.717) is 17.6 Å². The standard InChI is InChI=1S/C13H10F4N4OS/c1-21(2)11-9-13(19-3-18-11)23-10-4(12(22)20-9)5(14)6(15)7(16)8(10)17/h3,12,20,22H,1-2H3/t12-/m0/s1. The van der Waals surface area contributed by atoms with Gasteiger partial charge in [0.25, 0.3) is 0 Å². The lowest BCUT2D eigenvalue weighted by atomic mass is 10.1. The zero-order valence-electron chi connectivity index (χ0n) is 11.9. The van der Waals surface area contributed by atoms with Gasteiger partial charge in [0.2, 0.25) is 0 Å². The van der Waals surface area contributed by atoms with Crippen molar-refractivity contribution in [2.45, 2.75) is 16.1 Å². The minimum Gasteiger partial charge on any atom is -0.369 e. The van der Waals surface area contributed by atoms with Gasteiger partial charge in [-0.15, -0.1) is 0 Å². The predicted molar refractivity (Wildman–Crippen MR) is 75.3 cm³/mol. The van der Waals surface area contributed by atoms with Crippen LogP contribution in [0.25, 0.3) is 0 Å². The van der Waals surface area contributed by atoms with Crippen molar-refractivity contribution in [3.8, 4) is 0 Å². The van der Waals surface area contributed by atoms with Crippen molar-refractivity contribution < 1.29 is 22.7 Å².